The minimum Gasteiger partial charge on any atom is -0.461 e. The standard InChI is InChI=1S/C18H25N5O3S/c19-16(24)7-8-22-17(15-6-3-10-25-15)20-23(18(22)27)12-21-9-11-26-14-5-2-1-4-13(14)21/h3,6,10,13-14H,1-2,4-5,7-9,11-12H2,(H2,19,24). The van der Waals surface area contributed by atoms with Crippen molar-refractivity contribution in [3.8, 4) is 11.6 Å². The maximum Gasteiger partial charge on any atom is 0.219 e. The minimum atomic E-state index is -0.367. The molecule has 3 heterocycles. The highest BCUT2D eigenvalue weighted by Gasteiger charge is 2.34. The molecule has 1 saturated heterocycles. The lowest BCUT2D eigenvalue weighted by molar-refractivity contribution is -0.118. The Balaban J connectivity index is 1.61. The van der Waals surface area contributed by atoms with Crippen LogP contribution in [0.4, 0.5) is 0 Å². The first kappa shape index (κ1) is 18.4. The summed E-state index contributed by atoms with van der Waals surface area (Å²) >= 11 is 5.67. The van der Waals surface area contributed by atoms with E-state index in [0.29, 0.717) is 41.7 Å². The average Bonchev–Trinajstić information content (AvgIpc) is 3.29. The molecule has 2 aromatic rings. The minimum absolute atomic E-state index is 0.204. The van der Waals surface area contributed by atoms with Crippen molar-refractivity contribution >= 4 is 18.1 Å². The molecular formula is C18H25N5O3S. The number of furan rings is 1. The number of hydrogen-bond acceptors (Lipinski definition) is 6. The number of nitrogens with two attached hydrogens (primary N) is 1. The third kappa shape index (κ3) is 3.85. The number of carbonyl (C=O) groups excluding carboxylic acids is 1. The number of morpholine rings is 1. The van der Waals surface area contributed by atoms with Crippen molar-refractivity contribution in [3.63, 3.8) is 0 Å². The van der Waals surface area contributed by atoms with Crippen LogP contribution in [0.3, 0.4) is 0 Å². The summed E-state index contributed by atoms with van der Waals surface area (Å²) in [5.74, 6) is 0.884. The second-order valence-electron chi connectivity index (χ2n) is 7.17. The van der Waals surface area contributed by atoms with Crippen LogP contribution in [0.1, 0.15) is 32.1 Å². The Labute approximate surface area is 162 Å². The number of ether oxygens (including phenoxy) is 1. The fourth-order valence-corrected chi connectivity index (χ4v) is 4.35. The lowest BCUT2D eigenvalue weighted by atomic mass is 9.90. The fourth-order valence-electron chi connectivity index (χ4n) is 4.07. The van der Waals surface area contributed by atoms with Gasteiger partial charge >= 0.3 is 0 Å². The average molecular weight is 391 g/mol. The summed E-state index contributed by atoms with van der Waals surface area (Å²) in [6, 6.07) is 4.07. The van der Waals surface area contributed by atoms with E-state index in [0.717, 1.165) is 26.0 Å². The largest absolute Gasteiger partial charge is 0.461 e. The molecule has 8 nitrogen and oxygen atoms in total. The van der Waals surface area contributed by atoms with E-state index in [9.17, 15) is 4.79 Å². The number of aromatic nitrogens is 3. The molecule has 4 rings (SSSR count). The van der Waals surface area contributed by atoms with Crippen molar-refractivity contribution < 1.29 is 13.9 Å². The Kier molecular flexibility index (Phi) is 5.42. The van der Waals surface area contributed by atoms with Crippen LogP contribution in [0.25, 0.3) is 11.6 Å². The molecule has 2 N–H and O–H groups in total. The number of amides is 1. The van der Waals surface area contributed by atoms with E-state index >= 15 is 0 Å². The topological polar surface area (TPSA) is 91.5 Å². The van der Waals surface area contributed by atoms with Crippen LogP contribution in [-0.2, 0) is 22.7 Å². The Hall–Kier alpha value is -1.97. The van der Waals surface area contributed by atoms with E-state index in [2.05, 4.69) is 4.90 Å². The van der Waals surface area contributed by atoms with E-state index in [1.165, 1.54) is 12.8 Å². The quantitative estimate of drug-likeness (QED) is 0.759. The molecule has 1 saturated carbocycles. The van der Waals surface area contributed by atoms with Gasteiger partial charge in [-0.25, -0.2) is 4.68 Å². The molecule has 1 aliphatic carbocycles. The Morgan fingerprint density at radius 2 is 2.22 bits per heavy atom. The van der Waals surface area contributed by atoms with Gasteiger partial charge in [-0.1, -0.05) is 12.8 Å². The zero-order chi connectivity index (χ0) is 18.8. The summed E-state index contributed by atoms with van der Waals surface area (Å²) in [5.41, 5.74) is 5.33. The first-order chi connectivity index (χ1) is 13.1. The number of rotatable bonds is 6. The summed E-state index contributed by atoms with van der Waals surface area (Å²) in [6.45, 7) is 2.61. The van der Waals surface area contributed by atoms with Gasteiger partial charge in [0.2, 0.25) is 5.91 Å². The molecule has 0 aromatic carbocycles. The molecule has 9 heteroatoms. The Morgan fingerprint density at radius 1 is 1.37 bits per heavy atom. The maximum absolute atomic E-state index is 11.3. The van der Waals surface area contributed by atoms with Gasteiger partial charge < -0.3 is 14.9 Å². The van der Waals surface area contributed by atoms with Gasteiger partial charge in [0.15, 0.2) is 16.4 Å². The van der Waals surface area contributed by atoms with E-state index in [1.54, 1.807) is 6.26 Å². The second kappa shape index (κ2) is 7.95. The number of carbonyl (C=O) groups is 1. The summed E-state index contributed by atoms with van der Waals surface area (Å²) < 4.78 is 15.7. The lowest BCUT2D eigenvalue weighted by Gasteiger charge is -2.43. The van der Waals surface area contributed by atoms with Gasteiger partial charge in [-0.05, 0) is 37.2 Å². The molecule has 2 unspecified atom stereocenters. The fraction of sp³-hybridized carbons (Fsp3) is 0.611. The molecule has 0 spiro atoms. The molecule has 27 heavy (non-hydrogen) atoms. The van der Waals surface area contributed by atoms with E-state index in [1.807, 2.05) is 21.4 Å². The highest BCUT2D eigenvalue weighted by Crippen LogP contribution is 2.29. The van der Waals surface area contributed by atoms with Crippen LogP contribution in [0, 0.1) is 4.77 Å². The van der Waals surface area contributed by atoms with Crippen molar-refractivity contribution in [2.45, 2.75) is 57.5 Å². The monoisotopic (exact) mass is 391 g/mol. The highest BCUT2D eigenvalue weighted by molar-refractivity contribution is 7.71. The highest BCUT2D eigenvalue weighted by atomic mass is 32.1. The summed E-state index contributed by atoms with van der Waals surface area (Å²) in [4.78, 5) is 13.7. The van der Waals surface area contributed by atoms with Crippen molar-refractivity contribution in [1.29, 1.82) is 0 Å². The van der Waals surface area contributed by atoms with Crippen molar-refractivity contribution in [1.82, 2.24) is 19.2 Å². The van der Waals surface area contributed by atoms with Crippen LogP contribution < -0.4 is 5.73 Å². The predicted molar refractivity (Wildman–Crippen MR) is 101 cm³/mol. The Morgan fingerprint density at radius 3 is 3.00 bits per heavy atom. The van der Waals surface area contributed by atoms with Gasteiger partial charge in [0, 0.05) is 25.6 Å². The number of primary amides is 1. The van der Waals surface area contributed by atoms with E-state index in [4.69, 9.17) is 32.2 Å². The smallest absolute Gasteiger partial charge is 0.219 e. The first-order valence-corrected chi connectivity index (χ1v) is 9.90. The van der Waals surface area contributed by atoms with Crippen molar-refractivity contribution in [3.05, 3.63) is 23.2 Å². The van der Waals surface area contributed by atoms with Crippen LogP contribution in [0.2, 0.25) is 0 Å². The molecular weight excluding hydrogens is 366 g/mol. The van der Waals surface area contributed by atoms with Crippen molar-refractivity contribution in [2.75, 3.05) is 13.2 Å². The predicted octanol–water partition coefficient (Wildman–Crippen LogP) is 2.15. The zero-order valence-electron chi connectivity index (χ0n) is 15.2. The molecule has 2 fully saturated rings. The van der Waals surface area contributed by atoms with Gasteiger partial charge in [-0.2, -0.15) is 0 Å². The van der Waals surface area contributed by atoms with Crippen LogP contribution in [0.15, 0.2) is 22.8 Å². The number of hydrogen-bond donors (Lipinski definition) is 1. The molecule has 2 aromatic heterocycles. The van der Waals surface area contributed by atoms with Gasteiger partial charge in [-0.15, -0.1) is 5.10 Å². The van der Waals surface area contributed by atoms with Crippen LogP contribution >= 0.6 is 12.2 Å². The lowest BCUT2D eigenvalue weighted by Crippen LogP contribution is -2.52. The molecule has 2 aliphatic rings. The van der Waals surface area contributed by atoms with Gasteiger partial charge in [0.05, 0.1) is 25.6 Å². The van der Waals surface area contributed by atoms with Crippen molar-refractivity contribution in [2.24, 2.45) is 5.73 Å². The van der Waals surface area contributed by atoms with E-state index in [-0.39, 0.29) is 12.3 Å². The van der Waals surface area contributed by atoms with E-state index < -0.39 is 0 Å². The third-order valence-electron chi connectivity index (χ3n) is 5.41. The first-order valence-electron chi connectivity index (χ1n) is 9.49. The molecule has 1 amide bonds. The summed E-state index contributed by atoms with van der Waals surface area (Å²) in [7, 11) is 0. The second-order valence-corrected chi connectivity index (χ2v) is 7.53. The number of fused-ring (bicyclic) bond motifs is 1. The Bertz CT molecular complexity index is 842. The normalized spacial score (nSPS) is 23.3. The third-order valence-corrected chi connectivity index (χ3v) is 5.84. The maximum atomic E-state index is 11.3. The molecule has 1 aliphatic heterocycles. The summed E-state index contributed by atoms with van der Waals surface area (Å²) in [6.07, 6.45) is 6.85. The summed E-state index contributed by atoms with van der Waals surface area (Å²) in [5, 5.41) is 4.71. The van der Waals surface area contributed by atoms with Gasteiger partial charge in [0.1, 0.15) is 0 Å². The molecule has 146 valence electrons. The molecule has 0 bridgehead atoms. The van der Waals surface area contributed by atoms with Gasteiger partial charge in [0.25, 0.3) is 0 Å². The van der Waals surface area contributed by atoms with Crippen LogP contribution in [0.5, 0.6) is 0 Å². The van der Waals surface area contributed by atoms with Crippen LogP contribution in [-0.4, -0.2) is 50.5 Å². The molecule has 0 radical (unpaired) electrons. The molecule has 2 atom stereocenters. The SMILES string of the molecule is NC(=O)CCn1c(-c2ccco2)nn(CN2CCOC3CCCCC32)c1=S. The number of nitrogens with zero attached hydrogens (tertiary/aromatic N) is 4. The zero-order valence-corrected chi connectivity index (χ0v) is 16.1. The van der Waals surface area contributed by atoms with Gasteiger partial charge in [-0.3, -0.25) is 14.3 Å².